The van der Waals surface area contributed by atoms with E-state index in [0.29, 0.717) is 0 Å². The summed E-state index contributed by atoms with van der Waals surface area (Å²) in [4.78, 5) is 24.6. The number of carbonyl (C=O) groups excluding carboxylic acids is 2. The van der Waals surface area contributed by atoms with Crippen LogP contribution < -0.4 is 0 Å². The number of hydrogen-bond donors (Lipinski definition) is 0. The first-order valence-electron chi connectivity index (χ1n) is 7.28. The SMILES string of the molecule is COC(=O)[C@H]1[C@H]2C=C[C@H](C3[C@@H]2[C@@H](Cl)[C@H]3C(Cl)(Cl)Cl)[C@H]1C(=O)OC. The maximum Gasteiger partial charge on any atom is 0.310 e. The Morgan fingerprint density at radius 1 is 0.913 bits per heavy atom. The first kappa shape index (κ1) is 17.7. The van der Waals surface area contributed by atoms with Gasteiger partial charge in [-0.1, -0.05) is 47.0 Å². The quantitative estimate of drug-likeness (QED) is 0.405. The van der Waals surface area contributed by atoms with E-state index < -0.39 is 27.6 Å². The van der Waals surface area contributed by atoms with Crippen molar-refractivity contribution < 1.29 is 19.1 Å². The molecule has 4 rings (SSSR count). The Balaban J connectivity index is 2.01. The molecule has 0 spiro atoms. The average Bonchev–Trinajstić information content (AvgIpc) is 2.49. The van der Waals surface area contributed by atoms with E-state index in [-0.39, 0.29) is 35.0 Å². The number of ether oxygens (including phenoxy) is 2. The Hall–Kier alpha value is -0.160. The minimum Gasteiger partial charge on any atom is -0.469 e. The molecular formula is C15H16Cl4O4. The third-order valence-corrected chi connectivity index (χ3v) is 6.87. The van der Waals surface area contributed by atoms with Gasteiger partial charge in [0.1, 0.15) is 0 Å². The van der Waals surface area contributed by atoms with Crippen molar-refractivity contribution in [2.75, 3.05) is 14.2 Å². The minimum absolute atomic E-state index is 0.0164. The van der Waals surface area contributed by atoms with Crippen molar-refractivity contribution in [3.63, 3.8) is 0 Å². The van der Waals surface area contributed by atoms with Crippen LogP contribution in [0.5, 0.6) is 0 Å². The van der Waals surface area contributed by atoms with E-state index in [1.807, 2.05) is 12.2 Å². The van der Waals surface area contributed by atoms with Gasteiger partial charge < -0.3 is 9.47 Å². The maximum absolute atomic E-state index is 12.3. The summed E-state index contributed by atoms with van der Waals surface area (Å²) in [6.07, 6.45) is 3.87. The topological polar surface area (TPSA) is 52.6 Å². The smallest absolute Gasteiger partial charge is 0.310 e. The van der Waals surface area contributed by atoms with Crippen LogP contribution in [0, 0.1) is 41.4 Å². The van der Waals surface area contributed by atoms with Crippen LogP contribution in [-0.4, -0.2) is 35.3 Å². The van der Waals surface area contributed by atoms with Gasteiger partial charge in [-0.05, 0) is 23.7 Å². The lowest BCUT2D eigenvalue weighted by Gasteiger charge is -2.64. The molecule has 0 radical (unpaired) electrons. The van der Waals surface area contributed by atoms with Crippen molar-refractivity contribution in [2.24, 2.45) is 41.4 Å². The van der Waals surface area contributed by atoms with Gasteiger partial charge in [0, 0.05) is 11.3 Å². The number of methoxy groups -OCH3 is 2. The van der Waals surface area contributed by atoms with Gasteiger partial charge in [0.25, 0.3) is 0 Å². The average molecular weight is 402 g/mol. The Labute approximate surface area is 154 Å². The second kappa shape index (κ2) is 5.98. The van der Waals surface area contributed by atoms with E-state index in [1.54, 1.807) is 0 Å². The van der Waals surface area contributed by atoms with Gasteiger partial charge in [-0.25, -0.2) is 0 Å². The number of allylic oxidation sites excluding steroid dienone is 2. The molecule has 0 N–H and O–H groups in total. The molecule has 4 aliphatic rings. The fourth-order valence-electron chi connectivity index (χ4n) is 4.71. The molecule has 8 heteroatoms. The van der Waals surface area contributed by atoms with Crippen LogP contribution in [0.25, 0.3) is 0 Å². The van der Waals surface area contributed by atoms with E-state index in [1.165, 1.54) is 14.2 Å². The first-order valence-corrected chi connectivity index (χ1v) is 8.85. The molecule has 8 atom stereocenters. The highest BCUT2D eigenvalue weighted by atomic mass is 35.6. The third-order valence-electron chi connectivity index (χ3n) is 5.56. The fourth-order valence-corrected chi connectivity index (χ4v) is 6.44. The molecule has 23 heavy (non-hydrogen) atoms. The highest BCUT2D eigenvalue weighted by molar-refractivity contribution is 6.68. The second-order valence-corrected chi connectivity index (χ2v) is 9.18. The molecular weight excluding hydrogens is 386 g/mol. The number of alkyl halides is 4. The lowest BCUT2D eigenvalue weighted by atomic mass is 9.43. The van der Waals surface area contributed by atoms with Gasteiger partial charge in [0.15, 0.2) is 3.79 Å². The Kier molecular flexibility index (Phi) is 4.59. The largest absolute Gasteiger partial charge is 0.469 e. The Morgan fingerprint density at radius 3 is 1.74 bits per heavy atom. The standard InChI is InChI=1S/C15H16Cl4O4/c1-22-13(20)9-5-3-4-6(10(9)14(21)23-2)8-7(5)11(12(8)16)15(17,18)19/h3-12H,1-2H3/t5-,6+,7?,8-,9-,10+,11+,12-/m1/s1. The summed E-state index contributed by atoms with van der Waals surface area (Å²) < 4.78 is 8.30. The van der Waals surface area contributed by atoms with Gasteiger partial charge in [0.05, 0.1) is 26.1 Å². The number of halogens is 4. The lowest BCUT2D eigenvalue weighted by Crippen LogP contribution is -2.67. The predicted octanol–water partition coefficient (Wildman–Crippen LogP) is 3.22. The summed E-state index contributed by atoms with van der Waals surface area (Å²) in [6, 6.07) is 0. The summed E-state index contributed by atoms with van der Waals surface area (Å²) in [5, 5.41) is -0.365. The summed E-state index contributed by atoms with van der Waals surface area (Å²) >= 11 is 24.8. The lowest BCUT2D eigenvalue weighted by molar-refractivity contribution is -0.178. The van der Waals surface area contributed by atoms with E-state index in [4.69, 9.17) is 55.9 Å². The van der Waals surface area contributed by atoms with E-state index in [2.05, 4.69) is 0 Å². The van der Waals surface area contributed by atoms with Gasteiger partial charge in [-0.2, -0.15) is 0 Å². The number of carbonyl (C=O) groups is 2. The third kappa shape index (κ3) is 2.48. The van der Waals surface area contributed by atoms with E-state index >= 15 is 0 Å². The zero-order chi connectivity index (χ0) is 17.1. The minimum atomic E-state index is -1.51. The van der Waals surface area contributed by atoms with Crippen LogP contribution in [0.15, 0.2) is 12.2 Å². The van der Waals surface area contributed by atoms with Gasteiger partial charge in [-0.15, -0.1) is 11.6 Å². The summed E-state index contributed by atoms with van der Waals surface area (Å²) in [7, 11) is 2.61. The van der Waals surface area contributed by atoms with Crippen molar-refractivity contribution >= 4 is 58.3 Å². The van der Waals surface area contributed by atoms with Crippen LogP contribution in [0.4, 0.5) is 0 Å². The fraction of sp³-hybridized carbons (Fsp3) is 0.733. The normalized spacial score (nSPS) is 44.3. The molecule has 0 heterocycles. The van der Waals surface area contributed by atoms with Gasteiger partial charge in [0.2, 0.25) is 0 Å². The van der Waals surface area contributed by atoms with Crippen LogP contribution in [0.2, 0.25) is 0 Å². The molecule has 2 saturated carbocycles. The summed E-state index contributed by atoms with van der Waals surface area (Å²) in [6.45, 7) is 0. The van der Waals surface area contributed by atoms with Gasteiger partial charge in [-0.3, -0.25) is 9.59 Å². The summed E-state index contributed by atoms with van der Waals surface area (Å²) in [5.41, 5.74) is 0. The molecule has 2 bridgehead atoms. The summed E-state index contributed by atoms with van der Waals surface area (Å²) in [5.74, 6) is -3.04. The van der Waals surface area contributed by atoms with Gasteiger partial charge >= 0.3 is 11.9 Å². The van der Waals surface area contributed by atoms with Crippen LogP contribution in [0.1, 0.15) is 0 Å². The van der Waals surface area contributed by atoms with E-state index in [0.717, 1.165) is 0 Å². The predicted molar refractivity (Wildman–Crippen MR) is 87.5 cm³/mol. The van der Waals surface area contributed by atoms with Crippen molar-refractivity contribution in [1.82, 2.24) is 0 Å². The molecule has 0 amide bonds. The van der Waals surface area contributed by atoms with Crippen LogP contribution in [0.3, 0.4) is 0 Å². The number of hydrogen-bond acceptors (Lipinski definition) is 4. The molecule has 4 nitrogen and oxygen atoms in total. The van der Waals surface area contributed by atoms with Crippen molar-refractivity contribution in [3.05, 3.63) is 12.2 Å². The number of rotatable bonds is 2. The first-order chi connectivity index (χ1) is 10.7. The van der Waals surface area contributed by atoms with Crippen LogP contribution in [-0.2, 0) is 19.1 Å². The molecule has 0 aromatic heterocycles. The molecule has 128 valence electrons. The second-order valence-electron chi connectivity index (χ2n) is 6.30. The molecule has 2 fully saturated rings. The zero-order valence-electron chi connectivity index (χ0n) is 12.4. The molecule has 1 unspecified atom stereocenters. The van der Waals surface area contributed by atoms with Crippen molar-refractivity contribution in [2.45, 2.75) is 9.17 Å². The zero-order valence-corrected chi connectivity index (χ0v) is 15.4. The Morgan fingerprint density at radius 2 is 1.35 bits per heavy atom. The monoisotopic (exact) mass is 400 g/mol. The molecule has 0 aliphatic heterocycles. The highest BCUT2D eigenvalue weighted by Gasteiger charge is 2.69. The molecule has 0 aromatic rings. The van der Waals surface area contributed by atoms with E-state index in [9.17, 15) is 9.59 Å². The Bertz CT molecular complexity index is 558. The number of esters is 2. The molecule has 0 aromatic carbocycles. The highest BCUT2D eigenvalue weighted by Crippen LogP contribution is 2.67. The molecule has 4 aliphatic carbocycles. The maximum atomic E-state index is 12.3. The van der Waals surface area contributed by atoms with Crippen molar-refractivity contribution in [1.29, 1.82) is 0 Å². The number of fused-ring (bicyclic) bond motifs is 1. The van der Waals surface area contributed by atoms with Crippen molar-refractivity contribution in [3.8, 4) is 0 Å². The van der Waals surface area contributed by atoms with Crippen LogP contribution >= 0.6 is 46.4 Å². The molecule has 0 saturated heterocycles.